The second-order valence-corrected chi connectivity index (χ2v) is 7.60. The van der Waals surface area contributed by atoms with E-state index in [2.05, 4.69) is 0 Å². The molecule has 0 N–H and O–H groups in total. The van der Waals surface area contributed by atoms with E-state index in [0.29, 0.717) is 36.0 Å². The Morgan fingerprint density at radius 3 is 2.54 bits per heavy atom. The Balaban J connectivity index is 2.07. The van der Waals surface area contributed by atoms with Gasteiger partial charge in [0.1, 0.15) is 24.2 Å². The second kappa shape index (κ2) is 7.10. The van der Waals surface area contributed by atoms with Crippen LogP contribution in [0.25, 0.3) is 6.08 Å². The van der Waals surface area contributed by atoms with Crippen LogP contribution in [0.3, 0.4) is 0 Å². The minimum atomic E-state index is -3.92. The molecule has 1 aliphatic heterocycles. The van der Waals surface area contributed by atoms with Gasteiger partial charge < -0.3 is 14.2 Å². The Bertz CT molecular complexity index is 984. The highest BCUT2D eigenvalue weighted by atomic mass is 32.2. The third kappa shape index (κ3) is 3.37. The molecule has 0 amide bonds. The molecule has 0 unspecified atom stereocenters. The van der Waals surface area contributed by atoms with Gasteiger partial charge in [-0.05, 0) is 42.8 Å². The van der Waals surface area contributed by atoms with Gasteiger partial charge in [0.25, 0.3) is 0 Å². The highest BCUT2D eigenvalue weighted by Gasteiger charge is 2.22. The number of methoxy groups -OCH3 is 1. The van der Waals surface area contributed by atoms with Crippen LogP contribution in [0.1, 0.15) is 11.1 Å². The average molecular weight is 371 g/mol. The number of allylic oxidation sites excluding steroid dienone is 1. The molecule has 0 saturated heterocycles. The first-order chi connectivity index (χ1) is 12.5. The lowest BCUT2D eigenvalue weighted by Crippen LogP contribution is -2.16. The Kier molecular flexibility index (Phi) is 4.87. The monoisotopic (exact) mass is 371 g/mol. The third-order valence-electron chi connectivity index (χ3n) is 3.88. The maximum atomic E-state index is 12.7. The minimum absolute atomic E-state index is 0.0698. The van der Waals surface area contributed by atoms with Gasteiger partial charge in [-0.15, -0.1) is 0 Å². The van der Waals surface area contributed by atoms with Crippen molar-refractivity contribution in [1.82, 2.24) is 0 Å². The molecule has 6 nitrogen and oxygen atoms in total. The summed E-state index contributed by atoms with van der Waals surface area (Å²) < 4.78 is 41.8. The van der Waals surface area contributed by atoms with Gasteiger partial charge in [0.05, 0.1) is 12.0 Å². The van der Waals surface area contributed by atoms with Gasteiger partial charge in [0, 0.05) is 0 Å². The Morgan fingerprint density at radius 1 is 1.19 bits per heavy atom. The van der Waals surface area contributed by atoms with E-state index < -0.39 is 9.84 Å². The van der Waals surface area contributed by atoms with Crippen LogP contribution < -0.4 is 14.2 Å². The molecule has 3 rings (SSSR count). The lowest BCUT2D eigenvalue weighted by atomic mass is 10.1. The summed E-state index contributed by atoms with van der Waals surface area (Å²) >= 11 is 0. The number of nitriles is 1. The number of ether oxygens (including phenoxy) is 3. The molecule has 2 aromatic carbocycles. The zero-order chi connectivity index (χ0) is 18.7. The van der Waals surface area contributed by atoms with Crippen LogP contribution in [-0.2, 0) is 9.84 Å². The van der Waals surface area contributed by atoms with Crippen molar-refractivity contribution in [1.29, 1.82) is 5.26 Å². The van der Waals surface area contributed by atoms with Gasteiger partial charge >= 0.3 is 0 Å². The fourth-order valence-corrected chi connectivity index (χ4v) is 3.70. The van der Waals surface area contributed by atoms with Crippen molar-refractivity contribution in [2.45, 2.75) is 11.8 Å². The molecule has 0 atom stereocenters. The summed E-state index contributed by atoms with van der Waals surface area (Å²) in [7, 11) is -2.44. The summed E-state index contributed by atoms with van der Waals surface area (Å²) in [5.41, 5.74) is 1.40. The Hall–Kier alpha value is -2.98. The predicted octanol–water partition coefficient (Wildman–Crippen LogP) is 3.11. The number of sulfone groups is 1. The topological polar surface area (TPSA) is 85.6 Å². The SMILES string of the molecule is COc1cc(C=C(C#N)S(=O)(=O)c2ccc(C)cc2)cc2c1OCCO2. The average Bonchev–Trinajstić information content (AvgIpc) is 2.65. The van der Waals surface area contributed by atoms with Crippen LogP contribution in [0, 0.1) is 18.3 Å². The number of fused-ring (bicyclic) bond motifs is 1. The van der Waals surface area contributed by atoms with Crippen LogP contribution in [0.4, 0.5) is 0 Å². The molecule has 2 aromatic rings. The van der Waals surface area contributed by atoms with Crippen molar-refractivity contribution in [3.8, 4) is 23.3 Å². The summed E-state index contributed by atoms with van der Waals surface area (Å²) in [6, 6.07) is 11.4. The first kappa shape index (κ1) is 17.8. The molecule has 26 heavy (non-hydrogen) atoms. The predicted molar refractivity (Wildman–Crippen MR) is 95.9 cm³/mol. The first-order valence-corrected chi connectivity index (χ1v) is 9.35. The summed E-state index contributed by atoms with van der Waals surface area (Å²) in [5.74, 6) is 1.33. The summed E-state index contributed by atoms with van der Waals surface area (Å²) in [5, 5.41) is 9.42. The van der Waals surface area contributed by atoms with Gasteiger partial charge in [-0.1, -0.05) is 17.7 Å². The quantitative estimate of drug-likeness (QED) is 0.768. The number of nitrogens with zero attached hydrogens (tertiary/aromatic N) is 1. The maximum Gasteiger partial charge on any atom is 0.216 e. The molecule has 0 saturated carbocycles. The zero-order valence-electron chi connectivity index (χ0n) is 14.4. The van der Waals surface area contributed by atoms with Gasteiger partial charge in [-0.2, -0.15) is 5.26 Å². The van der Waals surface area contributed by atoms with Crippen molar-refractivity contribution in [3.05, 3.63) is 52.4 Å². The molecular formula is C19H17NO5S. The number of benzene rings is 2. The van der Waals surface area contributed by atoms with Gasteiger partial charge in [-0.3, -0.25) is 0 Å². The van der Waals surface area contributed by atoms with E-state index in [0.717, 1.165) is 5.56 Å². The van der Waals surface area contributed by atoms with Gasteiger partial charge in [0.2, 0.25) is 15.6 Å². The molecule has 134 valence electrons. The summed E-state index contributed by atoms with van der Waals surface area (Å²) in [6.45, 7) is 2.65. The van der Waals surface area contributed by atoms with Crippen molar-refractivity contribution in [2.24, 2.45) is 0 Å². The number of hydrogen-bond donors (Lipinski definition) is 0. The molecule has 0 aliphatic carbocycles. The Labute approximate surface area is 152 Å². The van der Waals surface area contributed by atoms with Crippen molar-refractivity contribution >= 4 is 15.9 Å². The highest BCUT2D eigenvalue weighted by molar-refractivity contribution is 7.95. The lowest BCUT2D eigenvalue weighted by Gasteiger charge is -2.21. The van der Waals surface area contributed by atoms with E-state index in [4.69, 9.17) is 14.2 Å². The standard InChI is InChI=1S/C19H17NO5S/c1-13-3-5-15(6-4-13)26(21,22)16(12-20)9-14-10-17(23-2)19-18(11-14)24-7-8-25-19/h3-6,9-11H,7-8H2,1-2H3. The van der Waals surface area contributed by atoms with E-state index in [1.807, 2.05) is 6.92 Å². The van der Waals surface area contributed by atoms with Crippen LogP contribution in [0.15, 0.2) is 46.2 Å². The fourth-order valence-electron chi connectivity index (χ4n) is 2.54. The molecule has 0 fully saturated rings. The normalized spacial score (nSPS) is 13.8. The van der Waals surface area contributed by atoms with Crippen LogP contribution in [-0.4, -0.2) is 28.7 Å². The molecule has 0 spiro atoms. The van der Waals surface area contributed by atoms with E-state index in [9.17, 15) is 13.7 Å². The lowest BCUT2D eigenvalue weighted by molar-refractivity contribution is 0.165. The van der Waals surface area contributed by atoms with Crippen LogP contribution >= 0.6 is 0 Å². The zero-order valence-corrected chi connectivity index (χ0v) is 15.2. The van der Waals surface area contributed by atoms with Crippen molar-refractivity contribution < 1.29 is 22.6 Å². The molecule has 0 radical (unpaired) electrons. The molecule has 1 heterocycles. The van der Waals surface area contributed by atoms with Crippen LogP contribution in [0.2, 0.25) is 0 Å². The molecule has 0 bridgehead atoms. The highest BCUT2D eigenvalue weighted by Crippen LogP contribution is 2.41. The second-order valence-electron chi connectivity index (χ2n) is 5.68. The summed E-state index contributed by atoms with van der Waals surface area (Å²) in [4.78, 5) is -0.291. The Morgan fingerprint density at radius 2 is 1.88 bits per heavy atom. The van der Waals surface area contributed by atoms with E-state index in [-0.39, 0.29) is 9.80 Å². The molecular weight excluding hydrogens is 354 g/mol. The van der Waals surface area contributed by atoms with Crippen molar-refractivity contribution in [2.75, 3.05) is 20.3 Å². The molecule has 0 aromatic heterocycles. The van der Waals surface area contributed by atoms with Gasteiger partial charge in [0.15, 0.2) is 11.5 Å². The minimum Gasteiger partial charge on any atom is -0.493 e. The third-order valence-corrected chi connectivity index (χ3v) is 5.56. The summed E-state index contributed by atoms with van der Waals surface area (Å²) in [6.07, 6.45) is 1.30. The number of aryl methyl sites for hydroxylation is 1. The largest absolute Gasteiger partial charge is 0.493 e. The van der Waals surface area contributed by atoms with Gasteiger partial charge in [-0.25, -0.2) is 8.42 Å². The number of rotatable bonds is 4. The molecule has 1 aliphatic rings. The van der Waals surface area contributed by atoms with E-state index in [1.54, 1.807) is 30.3 Å². The first-order valence-electron chi connectivity index (χ1n) is 7.87. The smallest absolute Gasteiger partial charge is 0.216 e. The fraction of sp³-hybridized carbons (Fsp3) is 0.211. The van der Waals surface area contributed by atoms with E-state index >= 15 is 0 Å². The number of hydrogen-bond acceptors (Lipinski definition) is 6. The van der Waals surface area contributed by atoms with Crippen LogP contribution in [0.5, 0.6) is 17.2 Å². The maximum absolute atomic E-state index is 12.7. The van der Waals surface area contributed by atoms with Crippen molar-refractivity contribution in [3.63, 3.8) is 0 Å². The van der Waals surface area contributed by atoms with E-state index in [1.165, 1.54) is 25.3 Å². The molecule has 7 heteroatoms.